The third kappa shape index (κ3) is 8.24. The molecule has 10 heteroatoms. The molecule has 190 valence electrons. The van der Waals surface area contributed by atoms with Crippen LogP contribution in [0.4, 0.5) is 4.79 Å². The van der Waals surface area contributed by atoms with E-state index in [2.05, 4.69) is 10.6 Å². The van der Waals surface area contributed by atoms with Gasteiger partial charge in [-0.3, -0.25) is 14.4 Å². The largest absolute Gasteiger partial charge is 0.507 e. The molecule has 10 nitrogen and oxygen atoms in total. The van der Waals surface area contributed by atoms with Gasteiger partial charge in [0.05, 0.1) is 6.42 Å². The van der Waals surface area contributed by atoms with Crippen molar-refractivity contribution in [1.82, 2.24) is 15.5 Å². The van der Waals surface area contributed by atoms with Gasteiger partial charge in [-0.15, -0.1) is 0 Å². The molecule has 0 aliphatic carbocycles. The van der Waals surface area contributed by atoms with E-state index < -0.39 is 54.0 Å². The average molecular weight is 479 g/mol. The number of primary amides is 1. The quantitative estimate of drug-likeness (QED) is 0.427. The number of nitrogens with one attached hydrogen (secondary N) is 2. The topological polar surface area (TPSA) is 151 Å². The number of nitrogens with two attached hydrogens (primary N) is 1. The van der Waals surface area contributed by atoms with Crippen LogP contribution in [-0.4, -0.2) is 57.5 Å². The van der Waals surface area contributed by atoms with Crippen molar-refractivity contribution in [2.45, 2.75) is 91.6 Å². The Labute approximate surface area is 201 Å². The number of benzene rings is 1. The molecule has 0 aliphatic heterocycles. The van der Waals surface area contributed by atoms with E-state index in [9.17, 15) is 24.3 Å². The fraction of sp³-hybridized carbons (Fsp3) is 0.583. The molecule has 0 spiro atoms. The van der Waals surface area contributed by atoms with Gasteiger partial charge in [0.15, 0.2) is 0 Å². The summed E-state index contributed by atoms with van der Waals surface area (Å²) < 4.78 is 5.23. The van der Waals surface area contributed by atoms with Gasteiger partial charge in [0.1, 0.15) is 23.4 Å². The fourth-order valence-electron chi connectivity index (χ4n) is 3.39. The van der Waals surface area contributed by atoms with Crippen LogP contribution in [0, 0.1) is 6.92 Å². The van der Waals surface area contributed by atoms with E-state index in [1.54, 1.807) is 73.6 Å². The Morgan fingerprint density at radius 1 is 1.09 bits per heavy atom. The second-order valence-electron chi connectivity index (χ2n) is 9.79. The molecule has 0 bridgehead atoms. The van der Waals surface area contributed by atoms with Gasteiger partial charge < -0.3 is 31.1 Å². The molecule has 1 rings (SSSR count). The van der Waals surface area contributed by atoms with Gasteiger partial charge in [0.2, 0.25) is 17.7 Å². The van der Waals surface area contributed by atoms with Crippen molar-refractivity contribution in [3.63, 3.8) is 0 Å². The number of phenols is 1. The first-order chi connectivity index (χ1) is 15.5. The molecule has 0 radical (unpaired) electrons. The lowest BCUT2D eigenvalue weighted by Gasteiger charge is -2.37. The van der Waals surface area contributed by atoms with Crippen molar-refractivity contribution in [3.05, 3.63) is 29.3 Å². The second kappa shape index (κ2) is 11.7. The molecule has 0 saturated carbocycles. The summed E-state index contributed by atoms with van der Waals surface area (Å²) in [4.78, 5) is 52.4. The van der Waals surface area contributed by atoms with Gasteiger partial charge in [-0.05, 0) is 61.0 Å². The molecular formula is C24H38N4O6. The first-order valence-electron chi connectivity index (χ1n) is 11.2. The Morgan fingerprint density at radius 2 is 1.68 bits per heavy atom. The van der Waals surface area contributed by atoms with Crippen molar-refractivity contribution < 1.29 is 29.0 Å². The average Bonchev–Trinajstić information content (AvgIpc) is 2.64. The number of aromatic hydroxyl groups is 1. The summed E-state index contributed by atoms with van der Waals surface area (Å²) >= 11 is 0. The smallest absolute Gasteiger partial charge is 0.408 e. The van der Waals surface area contributed by atoms with Crippen LogP contribution in [0.1, 0.15) is 72.1 Å². The highest BCUT2D eigenvalue weighted by atomic mass is 16.6. The van der Waals surface area contributed by atoms with Crippen LogP contribution < -0.4 is 16.4 Å². The monoisotopic (exact) mass is 478 g/mol. The lowest BCUT2D eigenvalue weighted by molar-refractivity contribution is -0.145. The van der Waals surface area contributed by atoms with Crippen LogP contribution in [0.5, 0.6) is 5.75 Å². The van der Waals surface area contributed by atoms with Crippen LogP contribution in [0.15, 0.2) is 18.2 Å². The second-order valence-corrected chi connectivity index (χ2v) is 9.79. The SMILES string of the molecule is Cc1cccc(C(C(=O)NC(C)C)N(C(=O)C(CC(N)=O)NC(=O)OC(C)(C)C)C(C)C)c1O. The minimum Gasteiger partial charge on any atom is -0.507 e. The number of hydrogen-bond acceptors (Lipinski definition) is 6. The van der Waals surface area contributed by atoms with E-state index in [4.69, 9.17) is 10.5 Å². The molecule has 1 aromatic carbocycles. The molecule has 0 aliphatic rings. The number of para-hydroxylation sites is 1. The first-order valence-corrected chi connectivity index (χ1v) is 11.2. The van der Waals surface area contributed by atoms with Crippen LogP contribution in [0.25, 0.3) is 0 Å². The van der Waals surface area contributed by atoms with Crippen molar-refractivity contribution in [1.29, 1.82) is 0 Å². The predicted molar refractivity (Wildman–Crippen MR) is 128 cm³/mol. The molecule has 0 heterocycles. The van der Waals surface area contributed by atoms with Gasteiger partial charge in [-0.25, -0.2) is 4.79 Å². The highest BCUT2D eigenvalue weighted by Crippen LogP contribution is 2.33. The molecule has 5 N–H and O–H groups in total. The molecule has 34 heavy (non-hydrogen) atoms. The number of phenolic OH excluding ortho intramolecular Hbond substituents is 1. The third-order valence-corrected chi connectivity index (χ3v) is 4.73. The van der Waals surface area contributed by atoms with Crippen molar-refractivity contribution in [3.8, 4) is 5.75 Å². The summed E-state index contributed by atoms with van der Waals surface area (Å²) in [6, 6.07) is 1.50. The Balaban J connectivity index is 3.55. The number of aryl methyl sites for hydroxylation is 1. The predicted octanol–water partition coefficient (Wildman–Crippen LogP) is 2.27. The molecule has 2 unspecified atom stereocenters. The van der Waals surface area contributed by atoms with Gasteiger partial charge >= 0.3 is 6.09 Å². The number of carbonyl (C=O) groups is 4. The molecule has 1 aromatic rings. The summed E-state index contributed by atoms with van der Waals surface area (Å²) in [5.41, 5.74) is 5.25. The van der Waals surface area contributed by atoms with Gasteiger partial charge in [0, 0.05) is 17.6 Å². The Morgan fingerprint density at radius 3 is 2.15 bits per heavy atom. The molecular weight excluding hydrogens is 440 g/mol. The number of nitrogens with zero attached hydrogens (tertiary/aromatic N) is 1. The van der Waals surface area contributed by atoms with E-state index in [1.165, 1.54) is 4.90 Å². The van der Waals surface area contributed by atoms with Gasteiger partial charge in [-0.2, -0.15) is 0 Å². The van der Waals surface area contributed by atoms with E-state index in [1.807, 2.05) is 0 Å². The zero-order valence-electron chi connectivity index (χ0n) is 21.3. The number of ether oxygens (including phenoxy) is 1. The summed E-state index contributed by atoms with van der Waals surface area (Å²) in [7, 11) is 0. The van der Waals surface area contributed by atoms with Crippen molar-refractivity contribution in [2.75, 3.05) is 0 Å². The van der Waals surface area contributed by atoms with Crippen LogP contribution >= 0.6 is 0 Å². The number of alkyl carbamates (subject to hydrolysis) is 1. The fourth-order valence-corrected chi connectivity index (χ4v) is 3.39. The van der Waals surface area contributed by atoms with Gasteiger partial charge in [0.25, 0.3) is 0 Å². The lowest BCUT2D eigenvalue weighted by Crippen LogP contribution is -2.56. The lowest BCUT2D eigenvalue weighted by atomic mass is 9.97. The van der Waals surface area contributed by atoms with Crippen molar-refractivity contribution >= 4 is 23.8 Å². The van der Waals surface area contributed by atoms with Crippen LogP contribution in [0.2, 0.25) is 0 Å². The maximum absolute atomic E-state index is 13.7. The third-order valence-electron chi connectivity index (χ3n) is 4.73. The maximum atomic E-state index is 13.7. The van der Waals surface area contributed by atoms with E-state index in [0.29, 0.717) is 5.56 Å². The number of carbonyl (C=O) groups excluding carboxylic acids is 4. The molecule has 4 amide bonds. The van der Waals surface area contributed by atoms with Crippen LogP contribution in [-0.2, 0) is 19.1 Å². The number of rotatable bonds is 9. The minimum absolute atomic E-state index is 0.128. The Kier molecular flexibility index (Phi) is 9.90. The zero-order chi connectivity index (χ0) is 26.4. The normalized spacial score (nSPS) is 13.2. The maximum Gasteiger partial charge on any atom is 0.408 e. The molecule has 0 fully saturated rings. The zero-order valence-corrected chi connectivity index (χ0v) is 21.3. The minimum atomic E-state index is -1.38. The number of amides is 4. The summed E-state index contributed by atoms with van der Waals surface area (Å²) in [6.45, 7) is 13.6. The summed E-state index contributed by atoms with van der Waals surface area (Å²) in [5, 5.41) is 15.9. The molecule has 0 saturated heterocycles. The Hall–Kier alpha value is -3.30. The van der Waals surface area contributed by atoms with E-state index in [-0.39, 0.29) is 17.4 Å². The molecule has 2 atom stereocenters. The Bertz CT molecular complexity index is 907. The van der Waals surface area contributed by atoms with E-state index in [0.717, 1.165) is 0 Å². The highest BCUT2D eigenvalue weighted by molar-refractivity contribution is 5.95. The van der Waals surface area contributed by atoms with Crippen molar-refractivity contribution in [2.24, 2.45) is 5.73 Å². The van der Waals surface area contributed by atoms with Crippen LogP contribution in [0.3, 0.4) is 0 Å². The van der Waals surface area contributed by atoms with Gasteiger partial charge in [-0.1, -0.05) is 18.2 Å². The first kappa shape index (κ1) is 28.7. The number of hydrogen-bond donors (Lipinski definition) is 4. The summed E-state index contributed by atoms with van der Waals surface area (Å²) in [6.07, 6.45) is -1.41. The summed E-state index contributed by atoms with van der Waals surface area (Å²) in [5.74, 6) is -2.19. The highest BCUT2D eigenvalue weighted by Gasteiger charge is 2.39. The standard InChI is InChI=1S/C24H38N4O6/c1-13(2)26-21(31)19(16-11-9-10-15(5)20(16)30)28(14(3)4)22(32)17(12-18(25)29)27-23(33)34-24(6,7)8/h9-11,13-14,17,19,30H,12H2,1-8H3,(H2,25,29)(H,26,31)(H,27,33). The molecule has 0 aromatic heterocycles. The van der Waals surface area contributed by atoms with E-state index >= 15 is 0 Å².